The van der Waals surface area contributed by atoms with Gasteiger partial charge in [0, 0.05) is 24.5 Å². The first-order valence-electron chi connectivity index (χ1n) is 8.22. The smallest absolute Gasteiger partial charge is 0.345 e. The van der Waals surface area contributed by atoms with E-state index in [-0.39, 0.29) is 11.7 Å². The Kier molecular flexibility index (Phi) is 4.49. The zero-order valence-electron chi connectivity index (χ0n) is 14.1. The average molecular weight is 351 g/mol. The molecule has 134 valence electrons. The van der Waals surface area contributed by atoms with Crippen LogP contribution >= 0.6 is 0 Å². The molecule has 1 aliphatic heterocycles. The van der Waals surface area contributed by atoms with Crippen molar-refractivity contribution in [2.45, 2.75) is 39.0 Å². The quantitative estimate of drug-likeness (QED) is 0.828. The third-order valence-electron chi connectivity index (χ3n) is 4.64. The number of nitrogens with one attached hydrogen (secondary N) is 1. The van der Waals surface area contributed by atoms with Gasteiger partial charge in [-0.15, -0.1) is 0 Å². The molecule has 1 atom stereocenters. The van der Waals surface area contributed by atoms with Crippen LogP contribution in [0.2, 0.25) is 0 Å². The molecule has 7 heteroatoms. The Morgan fingerprint density at radius 2 is 1.92 bits per heavy atom. The second-order valence-corrected chi connectivity index (χ2v) is 6.14. The molecular weight excluding hydrogens is 331 g/mol. The maximum Gasteiger partial charge on any atom is 0.418 e. The SMILES string of the molecule is CCC1c2ccc(C)n2CCN1C(=O)Nc1ccccc1C(F)(F)F. The number of para-hydroxylation sites is 1. The van der Waals surface area contributed by atoms with Crippen molar-refractivity contribution in [2.75, 3.05) is 11.9 Å². The largest absolute Gasteiger partial charge is 0.418 e. The average Bonchev–Trinajstić information content (AvgIpc) is 2.95. The van der Waals surface area contributed by atoms with E-state index in [4.69, 9.17) is 0 Å². The Labute approximate surface area is 144 Å². The number of amides is 2. The number of hydrogen-bond donors (Lipinski definition) is 1. The van der Waals surface area contributed by atoms with Crippen LogP contribution < -0.4 is 5.32 Å². The molecule has 4 nitrogen and oxygen atoms in total. The van der Waals surface area contributed by atoms with Gasteiger partial charge in [0.25, 0.3) is 0 Å². The third-order valence-corrected chi connectivity index (χ3v) is 4.64. The Morgan fingerprint density at radius 3 is 2.60 bits per heavy atom. The summed E-state index contributed by atoms with van der Waals surface area (Å²) in [5, 5.41) is 2.45. The Morgan fingerprint density at radius 1 is 1.20 bits per heavy atom. The van der Waals surface area contributed by atoms with Crippen molar-refractivity contribution >= 4 is 11.7 Å². The number of halogens is 3. The fourth-order valence-corrected chi connectivity index (χ4v) is 3.41. The lowest BCUT2D eigenvalue weighted by Crippen LogP contribution is -2.44. The normalized spacial score (nSPS) is 17.3. The van der Waals surface area contributed by atoms with Crippen molar-refractivity contribution < 1.29 is 18.0 Å². The fourth-order valence-electron chi connectivity index (χ4n) is 3.41. The minimum atomic E-state index is -4.51. The first-order chi connectivity index (χ1) is 11.8. The van der Waals surface area contributed by atoms with Crippen molar-refractivity contribution in [2.24, 2.45) is 0 Å². The first kappa shape index (κ1) is 17.4. The summed E-state index contributed by atoms with van der Waals surface area (Å²) < 4.78 is 41.5. The van der Waals surface area contributed by atoms with Gasteiger partial charge in [0.05, 0.1) is 17.3 Å². The highest BCUT2D eigenvalue weighted by atomic mass is 19.4. The molecule has 0 radical (unpaired) electrons. The van der Waals surface area contributed by atoms with E-state index in [0.29, 0.717) is 19.5 Å². The van der Waals surface area contributed by atoms with Gasteiger partial charge >= 0.3 is 12.2 Å². The number of aryl methyl sites for hydroxylation is 1. The van der Waals surface area contributed by atoms with E-state index >= 15 is 0 Å². The molecule has 1 aromatic carbocycles. The van der Waals surface area contributed by atoms with Crippen molar-refractivity contribution in [1.82, 2.24) is 9.47 Å². The van der Waals surface area contributed by atoms with Gasteiger partial charge in [0.2, 0.25) is 0 Å². The molecule has 2 heterocycles. The van der Waals surface area contributed by atoms with Crippen LogP contribution in [0.25, 0.3) is 0 Å². The summed E-state index contributed by atoms with van der Waals surface area (Å²) in [5.74, 6) is 0. The number of urea groups is 1. The number of alkyl halides is 3. The molecule has 2 amide bonds. The van der Waals surface area contributed by atoms with Gasteiger partial charge < -0.3 is 14.8 Å². The van der Waals surface area contributed by atoms with Crippen molar-refractivity contribution in [3.05, 3.63) is 53.3 Å². The van der Waals surface area contributed by atoms with Gasteiger partial charge in [-0.3, -0.25) is 0 Å². The molecular formula is C18H20F3N3O. The summed E-state index contributed by atoms with van der Waals surface area (Å²) in [6.07, 6.45) is -3.82. The molecule has 1 aliphatic rings. The first-order valence-corrected chi connectivity index (χ1v) is 8.22. The van der Waals surface area contributed by atoms with Crippen LogP contribution in [0.5, 0.6) is 0 Å². The highest BCUT2D eigenvalue weighted by molar-refractivity contribution is 5.90. The molecule has 0 saturated heterocycles. The minimum absolute atomic E-state index is 0.152. The lowest BCUT2D eigenvalue weighted by Gasteiger charge is -2.37. The number of anilines is 1. The number of fused-ring (bicyclic) bond motifs is 1. The lowest BCUT2D eigenvalue weighted by atomic mass is 10.1. The number of nitrogens with zero attached hydrogens (tertiary/aromatic N) is 2. The van der Waals surface area contributed by atoms with Gasteiger partial charge in [-0.2, -0.15) is 13.2 Å². The van der Waals surface area contributed by atoms with Gasteiger partial charge in [0.1, 0.15) is 0 Å². The summed E-state index contributed by atoms with van der Waals surface area (Å²) in [4.78, 5) is 14.3. The van der Waals surface area contributed by atoms with Crippen LogP contribution in [0.1, 0.15) is 36.3 Å². The van der Waals surface area contributed by atoms with Crippen LogP contribution in [0.4, 0.5) is 23.7 Å². The van der Waals surface area contributed by atoms with E-state index in [0.717, 1.165) is 17.5 Å². The standard InChI is InChI=1S/C18H20F3N3O/c1-3-15-16-9-8-12(2)23(16)10-11-24(15)17(25)22-14-7-5-4-6-13(14)18(19,20)21/h4-9,15H,3,10-11H2,1-2H3,(H,22,25). The van der Waals surface area contributed by atoms with E-state index in [1.807, 2.05) is 26.0 Å². The molecule has 3 rings (SSSR count). The summed E-state index contributed by atoms with van der Waals surface area (Å²) >= 11 is 0. The minimum Gasteiger partial charge on any atom is -0.345 e. The van der Waals surface area contributed by atoms with E-state index in [1.54, 1.807) is 4.90 Å². The Hall–Kier alpha value is -2.44. The summed E-state index contributed by atoms with van der Waals surface area (Å²) in [6, 6.07) is 8.35. The number of carbonyl (C=O) groups is 1. The molecule has 0 spiro atoms. The van der Waals surface area contributed by atoms with Crippen molar-refractivity contribution in [3.8, 4) is 0 Å². The van der Waals surface area contributed by atoms with Gasteiger partial charge in [-0.05, 0) is 37.6 Å². The predicted molar refractivity (Wildman–Crippen MR) is 89.4 cm³/mol. The zero-order valence-corrected chi connectivity index (χ0v) is 14.1. The fraction of sp³-hybridized carbons (Fsp3) is 0.389. The second-order valence-electron chi connectivity index (χ2n) is 6.14. The molecule has 1 N–H and O–H groups in total. The van der Waals surface area contributed by atoms with E-state index in [9.17, 15) is 18.0 Å². The molecule has 0 bridgehead atoms. The van der Waals surface area contributed by atoms with E-state index in [2.05, 4.69) is 9.88 Å². The molecule has 2 aromatic rings. The Bertz CT molecular complexity index is 782. The van der Waals surface area contributed by atoms with E-state index < -0.39 is 17.8 Å². The number of rotatable bonds is 2. The number of aromatic nitrogens is 1. The number of benzene rings is 1. The molecule has 0 aliphatic carbocycles. The lowest BCUT2D eigenvalue weighted by molar-refractivity contribution is -0.136. The highest BCUT2D eigenvalue weighted by Gasteiger charge is 2.35. The third kappa shape index (κ3) is 3.23. The molecule has 0 fully saturated rings. The maximum atomic E-state index is 13.1. The number of hydrogen-bond acceptors (Lipinski definition) is 1. The van der Waals surface area contributed by atoms with Crippen LogP contribution in [0.15, 0.2) is 36.4 Å². The summed E-state index contributed by atoms with van der Waals surface area (Å²) in [6.45, 7) is 5.07. The summed E-state index contributed by atoms with van der Waals surface area (Å²) in [5.41, 5.74) is 1.08. The van der Waals surface area contributed by atoms with Crippen LogP contribution in [-0.4, -0.2) is 22.0 Å². The van der Waals surface area contributed by atoms with Crippen molar-refractivity contribution in [3.63, 3.8) is 0 Å². The Balaban J connectivity index is 1.85. The maximum absolute atomic E-state index is 13.1. The molecule has 1 unspecified atom stereocenters. The topological polar surface area (TPSA) is 37.3 Å². The predicted octanol–water partition coefficient (Wildman–Crippen LogP) is 4.81. The van der Waals surface area contributed by atoms with Crippen LogP contribution in [0.3, 0.4) is 0 Å². The van der Waals surface area contributed by atoms with Gasteiger partial charge in [-0.25, -0.2) is 4.79 Å². The van der Waals surface area contributed by atoms with Gasteiger partial charge in [-0.1, -0.05) is 19.1 Å². The van der Waals surface area contributed by atoms with Crippen LogP contribution in [-0.2, 0) is 12.7 Å². The molecule has 25 heavy (non-hydrogen) atoms. The molecule has 1 aromatic heterocycles. The van der Waals surface area contributed by atoms with Crippen molar-refractivity contribution in [1.29, 1.82) is 0 Å². The van der Waals surface area contributed by atoms with E-state index in [1.165, 1.54) is 18.2 Å². The monoisotopic (exact) mass is 351 g/mol. The highest BCUT2D eigenvalue weighted by Crippen LogP contribution is 2.35. The van der Waals surface area contributed by atoms with Gasteiger partial charge in [0.15, 0.2) is 0 Å². The van der Waals surface area contributed by atoms with Crippen LogP contribution in [0, 0.1) is 6.92 Å². The zero-order chi connectivity index (χ0) is 18.2. The summed E-state index contributed by atoms with van der Waals surface area (Å²) in [7, 11) is 0. The second kappa shape index (κ2) is 6.46. The number of carbonyl (C=O) groups excluding carboxylic acids is 1. The molecule has 0 saturated carbocycles.